The minimum atomic E-state index is -4.81. The zero-order valence-corrected chi connectivity index (χ0v) is 72.7. The maximum Gasteiger partial charge on any atom is 1.00 e. The molecule has 0 aromatic heterocycles. The smallest absolute Gasteiger partial charge is 1.00 e. The van der Waals surface area contributed by atoms with Gasteiger partial charge in [0.1, 0.15) is 18.6 Å². The Morgan fingerprint density at radius 3 is 0.991 bits per heavy atom. The first-order chi connectivity index (χ1) is 49.7. The topological polar surface area (TPSA) is 339 Å². The van der Waals surface area contributed by atoms with Crippen molar-refractivity contribution < 1.29 is 157 Å². The molecule has 108 heavy (non-hydrogen) atoms. The van der Waals surface area contributed by atoms with E-state index in [1.54, 1.807) is 0 Å². The van der Waals surface area contributed by atoms with Crippen molar-refractivity contribution in [3.63, 3.8) is 0 Å². The van der Waals surface area contributed by atoms with Gasteiger partial charge in [0.25, 0.3) is 0 Å². The maximum atomic E-state index is 13.7. The van der Waals surface area contributed by atoms with E-state index in [2.05, 4.69) is 87.1 Å². The average Bonchev–Trinajstić information content (AvgIpc) is 0.907. The third kappa shape index (κ3) is 79.6. The molecule has 0 rings (SSSR count). The third-order valence-electron chi connectivity index (χ3n) is 17.4. The average molecular weight is 1610 g/mol. The molecule has 0 spiro atoms. The summed E-state index contributed by atoms with van der Waals surface area (Å²) < 4.78 is 70.5. The van der Waals surface area contributed by atoms with Crippen LogP contribution in [0.15, 0.2) is 24.3 Å². The van der Waals surface area contributed by atoms with Gasteiger partial charge in [-0.15, -0.1) is 0 Å². The van der Waals surface area contributed by atoms with Gasteiger partial charge in [-0.2, -0.15) is 0 Å². The number of hydrogen-bond acceptors (Lipinski definition) is 18. The Kier molecular flexibility index (Phi) is 90.4. The summed E-state index contributed by atoms with van der Waals surface area (Å²) in [5.74, 6) is -3.31. The summed E-state index contributed by atoms with van der Waals surface area (Å²) in [6.07, 6.45) is 42.6. The molecule has 0 radical (unpaired) electrons. The summed E-state index contributed by atoms with van der Waals surface area (Å²) in [4.78, 5) is 100. The molecule has 0 aromatic carbocycles. The van der Waals surface area contributed by atoms with E-state index in [4.69, 9.17) is 37.0 Å². The maximum absolute atomic E-state index is 13.7. The number of nitrogens with one attached hydrogen (secondary N) is 4. The molecule has 28 heteroatoms. The van der Waals surface area contributed by atoms with Crippen LogP contribution in [0.25, 0.3) is 0 Å². The first kappa shape index (κ1) is 117. The second-order valence-electron chi connectivity index (χ2n) is 27.5. The van der Waals surface area contributed by atoms with Gasteiger partial charge in [0.15, 0.2) is 0 Å². The van der Waals surface area contributed by atoms with Crippen LogP contribution < -0.4 is 80.4 Å². The van der Waals surface area contributed by atoms with Crippen LogP contribution in [0.3, 0.4) is 0 Å². The van der Waals surface area contributed by atoms with E-state index in [1.165, 1.54) is 38.5 Å². The first-order valence-corrected chi connectivity index (χ1v) is 43.3. The van der Waals surface area contributed by atoms with Gasteiger partial charge >= 0.3 is 86.7 Å². The molecule has 0 fully saturated rings. The summed E-state index contributed by atoms with van der Waals surface area (Å²) in [7, 11) is -9.61. The predicted molar refractivity (Wildman–Crippen MR) is 429 cm³/mol. The SMILES string of the molecule is C.C.C.CCCCCC/C=C\CCCC(=O)O[C@H](CCCCCCC)CC(=O)NC(COCC[C@H](O)CCCCCCC)COP(=O)(O)OCCNC(=O)CC(=O)NCCOP(=O)(O)OCC(COCC[C@H](O)CCCCCCC)NC(=O)C[C@@H](CCCCCCC)OC(=O)CCC/C=C\CCCCCC.[H-].[H-].[Na+].[Na+]. The molecule has 24 nitrogen and oxygen atoms in total. The number of esters is 2. The van der Waals surface area contributed by atoms with Crippen molar-refractivity contribution in [1.82, 2.24) is 21.3 Å². The summed E-state index contributed by atoms with van der Waals surface area (Å²) in [6.45, 7) is 10.2. The fraction of sp³-hybridized carbons (Fsp3) is 0.875. The molecule has 4 amide bonds. The molecule has 0 bridgehead atoms. The van der Waals surface area contributed by atoms with Gasteiger partial charge in [-0.25, -0.2) is 9.13 Å². The number of ether oxygens (including phenoxy) is 4. The summed E-state index contributed by atoms with van der Waals surface area (Å²) in [5, 5.41) is 31.6. The Bertz CT molecular complexity index is 2130. The van der Waals surface area contributed by atoms with Gasteiger partial charge < -0.3 is 63.1 Å². The van der Waals surface area contributed by atoms with E-state index in [0.29, 0.717) is 51.4 Å². The Morgan fingerprint density at radius 2 is 0.667 bits per heavy atom. The van der Waals surface area contributed by atoms with Crippen LogP contribution in [0, 0.1) is 0 Å². The molecule has 0 aliphatic carbocycles. The van der Waals surface area contributed by atoms with Gasteiger partial charge in [-0.05, 0) is 103 Å². The van der Waals surface area contributed by atoms with E-state index in [0.717, 1.165) is 167 Å². The van der Waals surface area contributed by atoms with Crippen LogP contribution in [0.4, 0.5) is 0 Å². The van der Waals surface area contributed by atoms with Crippen LogP contribution in [0.1, 0.15) is 356 Å². The van der Waals surface area contributed by atoms with Crippen LogP contribution in [0.2, 0.25) is 0 Å². The number of rotatable bonds is 76. The quantitative estimate of drug-likeness (QED) is 0.00700. The molecule has 0 heterocycles. The Labute approximate surface area is 703 Å². The minimum Gasteiger partial charge on any atom is -1.00 e. The van der Waals surface area contributed by atoms with Crippen molar-refractivity contribution in [3.8, 4) is 0 Å². The number of amides is 4. The first-order valence-electron chi connectivity index (χ1n) is 40.3. The summed E-state index contributed by atoms with van der Waals surface area (Å²) in [5.41, 5.74) is 0. The number of phosphoric ester groups is 2. The Hall–Kier alpha value is -1.64. The Balaban J connectivity index is -0.00000248. The zero-order valence-electron chi connectivity index (χ0n) is 68.9. The van der Waals surface area contributed by atoms with Gasteiger partial charge in [-0.1, -0.05) is 242 Å². The fourth-order valence-corrected chi connectivity index (χ4v) is 12.8. The van der Waals surface area contributed by atoms with Crippen molar-refractivity contribution in [1.29, 1.82) is 0 Å². The van der Waals surface area contributed by atoms with E-state index >= 15 is 0 Å². The van der Waals surface area contributed by atoms with Crippen LogP contribution in [-0.2, 0) is 74.9 Å². The molecule has 8 N–H and O–H groups in total. The summed E-state index contributed by atoms with van der Waals surface area (Å²) >= 11 is 0. The number of carbonyl (C=O) groups is 6. The fourth-order valence-electron chi connectivity index (χ4n) is 11.2. The van der Waals surface area contributed by atoms with Crippen LogP contribution >= 0.6 is 15.6 Å². The van der Waals surface area contributed by atoms with E-state index in [-0.39, 0.29) is 161 Å². The van der Waals surface area contributed by atoms with E-state index < -0.39 is 109 Å². The standard InChI is InChI=1S/C77H146N4O20P2.3CH4.2Na.2H/c1-7-13-19-25-27-29-31-37-43-49-76(88)100-70(47-41-35-23-17-11-5)59-74(86)80-66(62-94-55-51-68(82)45-39-33-21-15-9-3)64-98-102(90,91)96-57-53-78-72(84)61-73(85)79-54-58-97-103(92,93)99-65-67(63-95-56-52-69(83)46-40-34-22-16-10-4)81-75(87)60-71(48-42-36-24-18-12-6)101-77(89)50-44-38-32-30-28-26-20-14-8-2;;;;;;;/h29-32,66-71,82-83H,7-28,33-65H2,1-6H3,(H,78,84)(H,79,85)(H,80,86)(H,81,87)(H,90,91)(H,92,93);3*1H4;;;;/q;;;;2*+1;2*-1/b31-29-,32-30-;;;;;;;/t66?,67?,68-,69-,70-,71-;;;;;;;/m1......./s1. The number of unbranched alkanes of at least 4 members (excludes halogenated alkanes) is 26. The van der Waals surface area contributed by atoms with Crippen LogP contribution in [-0.4, -0.2) is 158 Å². The Morgan fingerprint density at radius 1 is 0.370 bits per heavy atom. The second kappa shape index (κ2) is 83.3. The van der Waals surface area contributed by atoms with Crippen molar-refractivity contribution in [2.75, 3.05) is 65.9 Å². The molecule has 0 aliphatic rings. The number of allylic oxidation sites excluding steroid dienone is 4. The van der Waals surface area contributed by atoms with Crippen LogP contribution in [0.5, 0.6) is 0 Å². The van der Waals surface area contributed by atoms with Crippen molar-refractivity contribution in [3.05, 3.63) is 24.3 Å². The number of carbonyl (C=O) groups excluding carboxylic acids is 6. The van der Waals surface area contributed by atoms with Gasteiger partial charge in [-0.3, -0.25) is 46.9 Å². The van der Waals surface area contributed by atoms with Crippen molar-refractivity contribution in [2.45, 2.75) is 389 Å². The molecule has 0 aromatic rings. The molecule has 0 saturated carbocycles. The number of phosphoric acid groups is 2. The second-order valence-corrected chi connectivity index (χ2v) is 30.4. The van der Waals surface area contributed by atoms with E-state index in [1.807, 2.05) is 0 Å². The largest absolute Gasteiger partial charge is 1.00 e. The normalized spacial score (nSPS) is 14.0. The molecule has 4 unspecified atom stereocenters. The third-order valence-corrected chi connectivity index (χ3v) is 19.3. The van der Waals surface area contributed by atoms with Crippen molar-refractivity contribution >= 4 is 51.2 Å². The monoisotopic (exact) mass is 1610 g/mol. The molecular weight excluding hydrogens is 1440 g/mol. The van der Waals surface area contributed by atoms with Gasteiger partial charge in [0.05, 0.1) is 76.8 Å². The molecule has 0 saturated heterocycles. The molecule has 8 atom stereocenters. The number of aliphatic hydroxyl groups excluding tert-OH is 2. The minimum absolute atomic E-state index is 0. The molecular formula is C80H160N4Na2O20P2. The number of aliphatic hydroxyl groups is 2. The number of hydrogen-bond donors (Lipinski definition) is 8. The zero-order chi connectivity index (χ0) is 76.1. The predicted octanol–water partition coefficient (Wildman–Crippen LogP) is 12.0. The van der Waals surface area contributed by atoms with Gasteiger partial charge in [0, 0.05) is 39.1 Å². The molecule has 0 aliphatic heterocycles. The summed E-state index contributed by atoms with van der Waals surface area (Å²) in [6, 6.07) is -1.92. The van der Waals surface area contributed by atoms with Gasteiger partial charge in [0.2, 0.25) is 23.6 Å². The van der Waals surface area contributed by atoms with Crippen molar-refractivity contribution in [2.24, 2.45) is 0 Å². The van der Waals surface area contributed by atoms with E-state index in [9.17, 15) is 57.9 Å². The molecule has 632 valence electrons.